The van der Waals surface area contributed by atoms with Crippen LogP contribution in [0.15, 0.2) is 14.2 Å². The molecule has 23 heavy (non-hydrogen) atoms. The highest BCUT2D eigenvalue weighted by atomic mass is 32.2. The molecule has 0 saturated carbocycles. The third kappa shape index (κ3) is 2.20. The fourth-order valence-electron chi connectivity index (χ4n) is 2.44. The summed E-state index contributed by atoms with van der Waals surface area (Å²) in [6, 6.07) is -1.49. The number of aromatic amines is 1. The summed E-state index contributed by atoms with van der Waals surface area (Å²) >= 11 is 0. The van der Waals surface area contributed by atoms with Crippen molar-refractivity contribution < 1.29 is 22.8 Å². The summed E-state index contributed by atoms with van der Waals surface area (Å²) in [5, 5.41) is 18.6. The first-order chi connectivity index (χ1) is 10.7. The number of hydrogen-bond acceptors (Lipinski definition) is 8. The minimum Gasteiger partial charge on any atom is -0.480 e. The van der Waals surface area contributed by atoms with Gasteiger partial charge in [0.1, 0.15) is 11.9 Å². The smallest absolute Gasteiger partial charge is 0.343 e. The van der Waals surface area contributed by atoms with E-state index in [0.717, 1.165) is 4.57 Å². The van der Waals surface area contributed by atoms with Gasteiger partial charge in [-0.3, -0.25) is 9.36 Å². The number of anilines is 1. The van der Waals surface area contributed by atoms with Gasteiger partial charge in [-0.25, -0.2) is 18.3 Å². The minimum absolute atomic E-state index is 0.0587. The number of nitrogen functional groups attached to an aromatic ring is 1. The Labute approximate surface area is 128 Å². The van der Waals surface area contributed by atoms with Crippen molar-refractivity contribution in [1.29, 1.82) is 0 Å². The molecule has 3 rings (SSSR count). The lowest BCUT2D eigenvalue weighted by molar-refractivity contribution is -0.142. The number of nitrogens with zero attached hydrogens (tertiary/aromatic N) is 4. The fraction of sp³-hybridized carbons (Fsp3) is 0.400. The molecule has 0 amide bonds. The SMILES string of the molecule is Cc1onc(N)c1S(=O)(=O)N1Cc2n[nH]c(=O)n2CC1C(=O)O. The molecule has 3 heterocycles. The monoisotopic (exact) mass is 344 g/mol. The van der Waals surface area contributed by atoms with E-state index in [-0.39, 0.29) is 23.9 Å². The summed E-state index contributed by atoms with van der Waals surface area (Å²) in [6.07, 6.45) is 0. The maximum absolute atomic E-state index is 12.8. The second-order valence-electron chi connectivity index (χ2n) is 4.91. The Hall–Kier alpha value is -2.67. The summed E-state index contributed by atoms with van der Waals surface area (Å²) < 4.78 is 32.1. The van der Waals surface area contributed by atoms with E-state index in [1.54, 1.807) is 0 Å². The number of fused-ring (bicyclic) bond motifs is 1. The van der Waals surface area contributed by atoms with Crippen molar-refractivity contribution in [2.45, 2.75) is 31.0 Å². The number of nitrogens with one attached hydrogen (secondary N) is 1. The molecule has 0 radical (unpaired) electrons. The predicted molar refractivity (Wildman–Crippen MR) is 72.7 cm³/mol. The lowest BCUT2D eigenvalue weighted by Gasteiger charge is -2.31. The van der Waals surface area contributed by atoms with E-state index in [0.29, 0.717) is 4.31 Å². The van der Waals surface area contributed by atoms with Gasteiger partial charge in [-0.15, -0.1) is 0 Å². The Kier molecular flexibility index (Phi) is 3.26. The first-order valence-electron chi connectivity index (χ1n) is 6.34. The molecule has 2 aromatic rings. The van der Waals surface area contributed by atoms with E-state index in [1.807, 2.05) is 0 Å². The van der Waals surface area contributed by atoms with Crippen molar-refractivity contribution in [1.82, 2.24) is 24.2 Å². The number of carboxylic acid groups (broad SMARTS) is 1. The van der Waals surface area contributed by atoms with Crippen molar-refractivity contribution in [2.75, 3.05) is 5.73 Å². The Morgan fingerprint density at radius 2 is 2.22 bits per heavy atom. The number of carboxylic acids is 1. The highest BCUT2D eigenvalue weighted by molar-refractivity contribution is 7.89. The van der Waals surface area contributed by atoms with Crippen molar-refractivity contribution in [3.63, 3.8) is 0 Å². The highest BCUT2D eigenvalue weighted by Crippen LogP contribution is 2.29. The maximum Gasteiger partial charge on any atom is 0.343 e. The molecule has 12 nitrogen and oxygen atoms in total. The van der Waals surface area contributed by atoms with Crippen LogP contribution in [-0.2, 0) is 27.9 Å². The molecule has 13 heteroatoms. The van der Waals surface area contributed by atoms with Crippen molar-refractivity contribution in [3.05, 3.63) is 22.1 Å². The molecule has 0 bridgehead atoms. The number of hydrogen-bond donors (Lipinski definition) is 3. The van der Waals surface area contributed by atoms with Crippen LogP contribution in [0.25, 0.3) is 0 Å². The molecule has 0 saturated heterocycles. The molecule has 4 N–H and O–H groups in total. The molecular formula is C10H12N6O6S. The van der Waals surface area contributed by atoms with E-state index in [9.17, 15) is 23.1 Å². The molecule has 1 aliphatic heterocycles. The van der Waals surface area contributed by atoms with Crippen LogP contribution in [0.2, 0.25) is 0 Å². The Balaban J connectivity index is 2.14. The third-order valence-electron chi connectivity index (χ3n) is 3.52. The van der Waals surface area contributed by atoms with Crippen molar-refractivity contribution in [2.24, 2.45) is 0 Å². The number of aliphatic carboxylic acids is 1. The van der Waals surface area contributed by atoms with Crippen LogP contribution in [0.5, 0.6) is 0 Å². The molecule has 2 aromatic heterocycles. The summed E-state index contributed by atoms with van der Waals surface area (Å²) in [6.45, 7) is 0.575. The molecule has 0 aromatic carbocycles. The topological polar surface area (TPSA) is 177 Å². The molecule has 0 aliphatic carbocycles. The van der Waals surface area contributed by atoms with Crippen LogP contribution in [0.3, 0.4) is 0 Å². The molecule has 0 fully saturated rings. The lowest BCUT2D eigenvalue weighted by Crippen LogP contribution is -2.51. The van der Waals surface area contributed by atoms with Crippen LogP contribution >= 0.6 is 0 Å². The normalized spacial score (nSPS) is 18.7. The van der Waals surface area contributed by atoms with Gasteiger partial charge < -0.3 is 15.4 Å². The second kappa shape index (κ2) is 4.92. The van der Waals surface area contributed by atoms with Gasteiger partial charge in [0.2, 0.25) is 0 Å². The zero-order valence-electron chi connectivity index (χ0n) is 11.8. The van der Waals surface area contributed by atoms with E-state index >= 15 is 0 Å². The number of rotatable bonds is 3. The van der Waals surface area contributed by atoms with Gasteiger partial charge in [-0.2, -0.15) is 9.40 Å². The molecule has 1 aliphatic rings. The summed E-state index contributed by atoms with van der Waals surface area (Å²) in [4.78, 5) is 22.6. The van der Waals surface area contributed by atoms with Crippen molar-refractivity contribution >= 4 is 21.8 Å². The molecule has 1 unspecified atom stereocenters. The number of H-pyrrole nitrogens is 1. The first kappa shape index (κ1) is 15.2. The molecular weight excluding hydrogens is 332 g/mol. The Morgan fingerprint density at radius 3 is 2.78 bits per heavy atom. The summed E-state index contributed by atoms with van der Waals surface area (Å²) in [5.74, 6) is -1.72. The number of sulfonamides is 1. The van der Waals surface area contributed by atoms with E-state index in [2.05, 4.69) is 15.4 Å². The number of aryl methyl sites for hydroxylation is 1. The van der Waals surface area contributed by atoms with Crippen LogP contribution in [0.1, 0.15) is 11.6 Å². The van der Waals surface area contributed by atoms with E-state index in [1.165, 1.54) is 6.92 Å². The molecule has 0 spiro atoms. The maximum atomic E-state index is 12.8. The first-order valence-corrected chi connectivity index (χ1v) is 7.78. The molecule has 1 atom stereocenters. The highest BCUT2D eigenvalue weighted by Gasteiger charge is 2.43. The lowest BCUT2D eigenvalue weighted by atomic mass is 10.2. The number of carbonyl (C=O) groups is 1. The standard InChI is InChI=1S/C10H12N6O6S/c1-4-7(8(11)14-22-4)23(20,21)16-3-6-12-13-10(19)15(6)2-5(16)9(17)18/h5H,2-3H2,1H3,(H2,11,14)(H,13,19)(H,17,18). The van der Waals surface area contributed by atoms with Gasteiger partial charge in [0.05, 0.1) is 13.1 Å². The molecule has 124 valence electrons. The van der Waals surface area contributed by atoms with Crippen LogP contribution in [0.4, 0.5) is 5.82 Å². The Bertz CT molecular complexity index is 920. The summed E-state index contributed by atoms with van der Waals surface area (Å²) in [5.41, 5.74) is 4.91. The number of nitrogens with two attached hydrogens (primary N) is 1. The average Bonchev–Trinajstić information content (AvgIpc) is 3.01. The van der Waals surface area contributed by atoms with Gasteiger partial charge in [0, 0.05) is 0 Å². The van der Waals surface area contributed by atoms with Crippen LogP contribution in [0, 0.1) is 6.92 Å². The quantitative estimate of drug-likeness (QED) is 0.574. The average molecular weight is 344 g/mol. The van der Waals surface area contributed by atoms with Crippen molar-refractivity contribution in [3.8, 4) is 0 Å². The van der Waals surface area contributed by atoms with Gasteiger partial charge in [0.25, 0.3) is 10.0 Å². The predicted octanol–water partition coefficient (Wildman–Crippen LogP) is -1.89. The van der Waals surface area contributed by atoms with E-state index < -0.39 is 39.2 Å². The summed E-state index contributed by atoms with van der Waals surface area (Å²) in [7, 11) is -4.31. The number of aromatic nitrogens is 4. The zero-order chi connectivity index (χ0) is 16.9. The zero-order valence-corrected chi connectivity index (χ0v) is 12.6. The largest absolute Gasteiger partial charge is 0.480 e. The van der Waals surface area contributed by atoms with Crippen LogP contribution in [-0.4, -0.2) is 49.8 Å². The minimum atomic E-state index is -4.31. The van der Waals surface area contributed by atoms with Gasteiger partial charge in [-0.05, 0) is 6.92 Å². The third-order valence-corrected chi connectivity index (χ3v) is 5.54. The second-order valence-corrected chi connectivity index (χ2v) is 6.74. The van der Waals surface area contributed by atoms with E-state index in [4.69, 9.17) is 10.3 Å². The van der Waals surface area contributed by atoms with Gasteiger partial charge in [0.15, 0.2) is 16.5 Å². The van der Waals surface area contributed by atoms with Crippen LogP contribution < -0.4 is 11.4 Å². The van der Waals surface area contributed by atoms with Gasteiger partial charge >= 0.3 is 11.7 Å². The van der Waals surface area contributed by atoms with Gasteiger partial charge in [-0.1, -0.05) is 5.16 Å². The fourth-order valence-corrected chi connectivity index (χ4v) is 4.15. The Morgan fingerprint density at radius 1 is 1.52 bits per heavy atom.